The molecule has 0 aliphatic carbocycles. The molecule has 3 aliphatic rings. The number of ether oxygens (including phenoxy) is 2. The number of rotatable bonds is 15. The minimum Gasteiger partial charge on any atom is -0.465 e. The van der Waals surface area contributed by atoms with E-state index in [-0.39, 0.29) is 36.4 Å². The molecular formula is C30H38BrClN2O6. The quantitative estimate of drug-likeness (QED) is 0.130. The number of carbonyl (C=O) groups is 3. The Bertz CT molecular complexity index is 1100. The number of carbonyl (C=O) groups excluding carboxylic acids is 3. The molecule has 3 heterocycles. The van der Waals surface area contributed by atoms with Gasteiger partial charge in [0.1, 0.15) is 11.6 Å². The molecule has 4 rings (SSSR count). The molecule has 1 aromatic rings. The molecule has 1 aromatic carbocycles. The van der Waals surface area contributed by atoms with Crippen LogP contribution in [0.15, 0.2) is 49.6 Å². The van der Waals surface area contributed by atoms with Crippen molar-refractivity contribution in [2.75, 3.05) is 31.2 Å². The van der Waals surface area contributed by atoms with Crippen LogP contribution in [0, 0.1) is 11.8 Å². The van der Waals surface area contributed by atoms with Crippen molar-refractivity contribution in [1.29, 1.82) is 0 Å². The van der Waals surface area contributed by atoms with Gasteiger partial charge >= 0.3 is 5.97 Å². The van der Waals surface area contributed by atoms with E-state index >= 15 is 0 Å². The van der Waals surface area contributed by atoms with E-state index in [2.05, 4.69) is 29.1 Å². The smallest absolute Gasteiger partial charge is 0.312 e. The Morgan fingerprint density at radius 3 is 2.58 bits per heavy atom. The van der Waals surface area contributed by atoms with Crippen molar-refractivity contribution in [3.63, 3.8) is 0 Å². The van der Waals surface area contributed by atoms with Crippen LogP contribution in [-0.4, -0.2) is 76.7 Å². The predicted octanol–water partition coefficient (Wildman–Crippen LogP) is 4.67. The summed E-state index contributed by atoms with van der Waals surface area (Å²) in [6.07, 6.45) is 7.60. The van der Waals surface area contributed by atoms with Gasteiger partial charge in [0.2, 0.25) is 5.91 Å². The number of esters is 1. The number of halogens is 2. The number of fused-ring (bicyclic) bond motifs is 1. The summed E-state index contributed by atoms with van der Waals surface area (Å²) in [6, 6.07) is 6.04. The van der Waals surface area contributed by atoms with Gasteiger partial charge in [-0.2, -0.15) is 0 Å². The van der Waals surface area contributed by atoms with E-state index in [0.717, 1.165) is 19.3 Å². The van der Waals surface area contributed by atoms with E-state index in [1.54, 1.807) is 46.2 Å². The molecule has 2 amide bonds. The first-order chi connectivity index (χ1) is 19.3. The molecular weight excluding hydrogens is 600 g/mol. The van der Waals surface area contributed by atoms with Gasteiger partial charge < -0.3 is 24.4 Å². The lowest BCUT2D eigenvalue weighted by Crippen LogP contribution is -2.57. The second-order valence-electron chi connectivity index (χ2n) is 10.6. The third-order valence-corrected chi connectivity index (χ3v) is 9.21. The average molecular weight is 638 g/mol. The third kappa shape index (κ3) is 5.89. The molecule has 0 saturated carbocycles. The van der Waals surface area contributed by atoms with E-state index < -0.39 is 35.6 Å². The van der Waals surface area contributed by atoms with Gasteiger partial charge in [-0.15, -0.1) is 13.2 Å². The van der Waals surface area contributed by atoms with Crippen LogP contribution in [-0.2, 0) is 23.9 Å². The number of alkyl halides is 1. The number of unbranched alkanes of at least 4 members (excludes halogenated alkanes) is 4. The molecule has 0 aromatic heterocycles. The molecule has 1 N–H and O–H groups in total. The van der Waals surface area contributed by atoms with Crippen LogP contribution in [0.25, 0.3) is 0 Å². The summed E-state index contributed by atoms with van der Waals surface area (Å²) in [5.41, 5.74) is -0.528. The molecule has 218 valence electrons. The van der Waals surface area contributed by atoms with Crippen molar-refractivity contribution < 1.29 is 29.0 Å². The minimum absolute atomic E-state index is 0.116. The molecule has 10 heteroatoms. The molecule has 2 bridgehead atoms. The van der Waals surface area contributed by atoms with Gasteiger partial charge in [-0.25, -0.2) is 0 Å². The van der Waals surface area contributed by atoms with Crippen molar-refractivity contribution in [2.24, 2.45) is 11.8 Å². The highest BCUT2D eigenvalue weighted by molar-refractivity contribution is 9.09. The summed E-state index contributed by atoms with van der Waals surface area (Å²) in [4.78, 5) is 45.0. The fourth-order valence-corrected chi connectivity index (χ4v) is 7.45. The molecule has 1 spiro atoms. The van der Waals surface area contributed by atoms with Crippen LogP contribution in [0.5, 0.6) is 0 Å². The summed E-state index contributed by atoms with van der Waals surface area (Å²) >= 11 is 9.80. The summed E-state index contributed by atoms with van der Waals surface area (Å²) in [5.74, 6) is -2.60. The van der Waals surface area contributed by atoms with Crippen LogP contribution < -0.4 is 4.90 Å². The van der Waals surface area contributed by atoms with Crippen molar-refractivity contribution >= 4 is 51.0 Å². The van der Waals surface area contributed by atoms with Crippen molar-refractivity contribution in [2.45, 2.75) is 67.5 Å². The van der Waals surface area contributed by atoms with Gasteiger partial charge in [0, 0.05) is 35.2 Å². The predicted molar refractivity (Wildman–Crippen MR) is 157 cm³/mol. The maximum absolute atomic E-state index is 14.5. The van der Waals surface area contributed by atoms with Gasteiger partial charge in [-0.3, -0.25) is 14.4 Å². The highest BCUT2D eigenvalue weighted by atomic mass is 79.9. The highest BCUT2D eigenvalue weighted by Crippen LogP contribution is 2.60. The van der Waals surface area contributed by atoms with Crippen LogP contribution in [0.3, 0.4) is 0 Å². The Balaban J connectivity index is 1.68. The van der Waals surface area contributed by atoms with Gasteiger partial charge in [-0.1, -0.05) is 52.5 Å². The number of aliphatic hydroxyl groups excluding tert-OH is 1. The highest BCUT2D eigenvalue weighted by Gasteiger charge is 2.77. The van der Waals surface area contributed by atoms with E-state index in [0.29, 0.717) is 42.9 Å². The number of aliphatic hydroxyl groups is 1. The molecule has 3 fully saturated rings. The Morgan fingerprint density at radius 2 is 1.90 bits per heavy atom. The molecule has 6 atom stereocenters. The number of anilines is 1. The van der Waals surface area contributed by atoms with E-state index in [1.807, 2.05) is 0 Å². The average Bonchev–Trinajstić information content (AvgIpc) is 3.53. The monoisotopic (exact) mass is 636 g/mol. The zero-order valence-electron chi connectivity index (χ0n) is 22.7. The summed E-state index contributed by atoms with van der Waals surface area (Å²) in [5, 5.41) is 9.69. The Labute approximate surface area is 249 Å². The summed E-state index contributed by atoms with van der Waals surface area (Å²) in [7, 11) is 0. The van der Waals surface area contributed by atoms with Gasteiger partial charge in [0.25, 0.3) is 5.91 Å². The molecule has 0 radical (unpaired) electrons. The lowest BCUT2D eigenvalue weighted by molar-refractivity contribution is -0.155. The van der Waals surface area contributed by atoms with Gasteiger partial charge in [0.05, 0.1) is 24.5 Å². The number of hydrogen-bond donors (Lipinski definition) is 1. The number of likely N-dealkylation sites (tertiary alicyclic amines) is 1. The Kier molecular flexibility index (Phi) is 10.5. The number of allylic oxidation sites excluding steroid dienone is 1. The summed E-state index contributed by atoms with van der Waals surface area (Å²) in [6.45, 7) is 8.46. The molecule has 3 aliphatic heterocycles. The molecule has 3 unspecified atom stereocenters. The van der Waals surface area contributed by atoms with Gasteiger partial charge in [0.15, 0.2) is 0 Å². The topological polar surface area (TPSA) is 96.4 Å². The third-order valence-electron chi connectivity index (χ3n) is 8.12. The van der Waals surface area contributed by atoms with Crippen molar-refractivity contribution in [3.05, 3.63) is 54.6 Å². The second kappa shape index (κ2) is 13.6. The largest absolute Gasteiger partial charge is 0.465 e. The lowest BCUT2D eigenvalue weighted by Gasteiger charge is -2.37. The van der Waals surface area contributed by atoms with Crippen LogP contribution >= 0.6 is 27.5 Å². The lowest BCUT2D eigenvalue weighted by atomic mass is 9.70. The first kappa shape index (κ1) is 30.8. The molecule has 40 heavy (non-hydrogen) atoms. The Morgan fingerprint density at radius 1 is 1.18 bits per heavy atom. The number of amides is 2. The first-order valence-corrected chi connectivity index (χ1v) is 15.3. The summed E-state index contributed by atoms with van der Waals surface area (Å²) < 4.78 is 12.2. The molecule has 3 saturated heterocycles. The fourth-order valence-electron chi connectivity index (χ4n) is 6.38. The number of nitrogens with zero attached hydrogens (tertiary/aromatic N) is 2. The van der Waals surface area contributed by atoms with Crippen LogP contribution in [0.1, 0.15) is 44.9 Å². The normalized spacial score (nSPS) is 28.4. The van der Waals surface area contributed by atoms with Crippen molar-refractivity contribution in [3.8, 4) is 0 Å². The van der Waals surface area contributed by atoms with Crippen LogP contribution in [0.2, 0.25) is 5.02 Å². The standard InChI is InChI=1S/C30H38BrClN2O6/c1-3-5-10-18-39-29(38)23-24-27(36)34(16-8-6-7-9-17-35)26(30(24)19-22(31)25(23)40-30)28(37)33(15-4-2)21-13-11-20(32)12-14-21/h3-4,11-14,22-26,35H,1-2,5-10,15-19H2/t22?,23-,24-,25-,26?,30?/m0/s1. The van der Waals surface area contributed by atoms with Crippen molar-refractivity contribution in [1.82, 2.24) is 4.90 Å². The van der Waals surface area contributed by atoms with E-state index in [9.17, 15) is 14.4 Å². The maximum Gasteiger partial charge on any atom is 0.312 e. The number of hydrogen-bond acceptors (Lipinski definition) is 6. The minimum atomic E-state index is -1.16. The zero-order valence-corrected chi connectivity index (χ0v) is 25.0. The fraction of sp³-hybridized carbons (Fsp3) is 0.567. The van der Waals surface area contributed by atoms with Gasteiger partial charge in [-0.05, 0) is 56.4 Å². The molecule has 8 nitrogen and oxygen atoms in total. The van der Waals surface area contributed by atoms with E-state index in [1.165, 1.54) is 0 Å². The van der Waals surface area contributed by atoms with E-state index in [4.69, 9.17) is 26.2 Å². The second-order valence-corrected chi connectivity index (χ2v) is 12.3. The number of benzene rings is 1. The zero-order chi connectivity index (χ0) is 28.9. The SMILES string of the molecule is C=CCCCOC(=O)[C@H]1[C@H]2C(=O)N(CCCCCCO)C(C(=O)N(CC=C)c3ccc(Cl)cc3)C23CC(Br)[C@@H]1O3. The van der Waals surface area contributed by atoms with Crippen LogP contribution in [0.4, 0.5) is 5.69 Å². The first-order valence-electron chi connectivity index (χ1n) is 14.0. The Hall–Kier alpha value is -2.20. The maximum atomic E-state index is 14.5.